The molecule has 5 heteroatoms. The van der Waals surface area contributed by atoms with E-state index in [2.05, 4.69) is 5.32 Å². The van der Waals surface area contributed by atoms with E-state index in [1.165, 1.54) is 5.56 Å². The lowest BCUT2D eigenvalue weighted by atomic mass is 10.2. The number of hydrogen-bond acceptors (Lipinski definition) is 4. The summed E-state index contributed by atoms with van der Waals surface area (Å²) in [7, 11) is 1.64. The standard InChI is InChI=1S/C17H27NO4/c1-15-6-8-16(9-7-15)22-12-4-10-18-17(19)5-3-11-21-14-13-20-2/h6-9H,3-5,10-14H2,1-2H3,(H,18,19). The minimum atomic E-state index is 0.0608. The maximum atomic E-state index is 11.6. The van der Waals surface area contributed by atoms with Crippen LogP contribution in [0.15, 0.2) is 24.3 Å². The number of rotatable bonds is 12. The fraction of sp³-hybridized carbons (Fsp3) is 0.588. The van der Waals surface area contributed by atoms with Crippen LogP contribution in [0.25, 0.3) is 0 Å². The molecule has 0 unspecified atom stereocenters. The van der Waals surface area contributed by atoms with Crippen LogP contribution in [0.4, 0.5) is 0 Å². The highest BCUT2D eigenvalue weighted by Crippen LogP contribution is 2.11. The van der Waals surface area contributed by atoms with Crippen LogP contribution < -0.4 is 10.1 Å². The summed E-state index contributed by atoms with van der Waals surface area (Å²) in [6, 6.07) is 7.95. The molecule has 0 saturated heterocycles. The van der Waals surface area contributed by atoms with Gasteiger partial charge >= 0.3 is 0 Å². The van der Waals surface area contributed by atoms with E-state index in [0.717, 1.165) is 18.6 Å². The predicted octanol–water partition coefficient (Wildman–Crippen LogP) is 2.32. The largest absolute Gasteiger partial charge is 0.494 e. The third kappa shape index (κ3) is 9.37. The number of nitrogens with one attached hydrogen (secondary N) is 1. The summed E-state index contributed by atoms with van der Waals surface area (Å²) in [5, 5.41) is 2.88. The molecule has 0 bridgehead atoms. The van der Waals surface area contributed by atoms with Crippen molar-refractivity contribution in [1.82, 2.24) is 5.32 Å². The van der Waals surface area contributed by atoms with E-state index in [1.54, 1.807) is 7.11 Å². The van der Waals surface area contributed by atoms with Crippen molar-refractivity contribution in [2.75, 3.05) is 40.1 Å². The Bertz CT molecular complexity index is 406. The zero-order valence-electron chi connectivity index (χ0n) is 13.6. The second-order valence-corrected chi connectivity index (χ2v) is 5.07. The van der Waals surface area contributed by atoms with Crippen LogP contribution in [0, 0.1) is 6.92 Å². The van der Waals surface area contributed by atoms with Crippen molar-refractivity contribution in [3.05, 3.63) is 29.8 Å². The van der Waals surface area contributed by atoms with Crippen molar-refractivity contribution >= 4 is 5.91 Å². The number of amides is 1. The minimum absolute atomic E-state index is 0.0608. The molecule has 1 amide bonds. The summed E-state index contributed by atoms with van der Waals surface area (Å²) in [5.74, 6) is 0.927. The van der Waals surface area contributed by atoms with E-state index in [4.69, 9.17) is 14.2 Å². The van der Waals surface area contributed by atoms with Crippen molar-refractivity contribution < 1.29 is 19.0 Å². The van der Waals surface area contributed by atoms with Crippen molar-refractivity contribution in [1.29, 1.82) is 0 Å². The third-order valence-corrected chi connectivity index (χ3v) is 3.06. The summed E-state index contributed by atoms with van der Waals surface area (Å²) in [6.07, 6.45) is 2.02. The molecule has 1 aromatic rings. The molecule has 1 rings (SSSR count). The second-order valence-electron chi connectivity index (χ2n) is 5.07. The van der Waals surface area contributed by atoms with Crippen LogP contribution in [-0.4, -0.2) is 46.0 Å². The molecule has 0 atom stereocenters. The fourth-order valence-corrected chi connectivity index (χ4v) is 1.79. The van der Waals surface area contributed by atoms with E-state index < -0.39 is 0 Å². The topological polar surface area (TPSA) is 56.8 Å². The summed E-state index contributed by atoms with van der Waals surface area (Å²) in [4.78, 5) is 11.6. The van der Waals surface area contributed by atoms with Gasteiger partial charge in [0.2, 0.25) is 5.91 Å². The van der Waals surface area contributed by atoms with Gasteiger partial charge < -0.3 is 19.5 Å². The molecular formula is C17H27NO4. The SMILES string of the molecule is COCCOCCCC(=O)NCCCOc1ccc(C)cc1. The first kappa shape index (κ1) is 18.5. The molecule has 0 fully saturated rings. The zero-order chi connectivity index (χ0) is 16.0. The summed E-state index contributed by atoms with van der Waals surface area (Å²) >= 11 is 0. The second kappa shape index (κ2) is 12.0. The molecule has 0 radical (unpaired) electrons. The minimum Gasteiger partial charge on any atom is -0.494 e. The van der Waals surface area contributed by atoms with Crippen LogP contribution in [0.1, 0.15) is 24.8 Å². The number of carbonyl (C=O) groups is 1. The van der Waals surface area contributed by atoms with Crippen LogP contribution in [0.2, 0.25) is 0 Å². The molecule has 1 N–H and O–H groups in total. The van der Waals surface area contributed by atoms with Gasteiger partial charge in [-0.2, -0.15) is 0 Å². The number of methoxy groups -OCH3 is 1. The molecule has 0 spiro atoms. The quantitative estimate of drug-likeness (QED) is 0.602. The Labute approximate surface area is 132 Å². The molecule has 0 heterocycles. The van der Waals surface area contributed by atoms with Gasteiger partial charge in [-0.05, 0) is 31.9 Å². The lowest BCUT2D eigenvalue weighted by Gasteiger charge is -2.08. The predicted molar refractivity (Wildman–Crippen MR) is 86.2 cm³/mol. The van der Waals surface area contributed by atoms with Crippen molar-refractivity contribution in [3.63, 3.8) is 0 Å². The molecular weight excluding hydrogens is 282 g/mol. The van der Waals surface area contributed by atoms with E-state index in [-0.39, 0.29) is 5.91 Å². The molecule has 0 aliphatic carbocycles. The van der Waals surface area contributed by atoms with E-state index in [0.29, 0.717) is 39.4 Å². The van der Waals surface area contributed by atoms with Gasteiger partial charge in [-0.3, -0.25) is 4.79 Å². The van der Waals surface area contributed by atoms with Crippen molar-refractivity contribution in [2.45, 2.75) is 26.2 Å². The summed E-state index contributed by atoms with van der Waals surface area (Å²) in [5.41, 5.74) is 1.21. The normalized spacial score (nSPS) is 10.5. The van der Waals surface area contributed by atoms with Crippen molar-refractivity contribution in [3.8, 4) is 5.75 Å². The van der Waals surface area contributed by atoms with Gasteiger partial charge in [0.15, 0.2) is 0 Å². The Morgan fingerprint density at radius 2 is 1.82 bits per heavy atom. The van der Waals surface area contributed by atoms with E-state index in [9.17, 15) is 4.79 Å². The molecule has 0 aromatic heterocycles. The third-order valence-electron chi connectivity index (χ3n) is 3.06. The monoisotopic (exact) mass is 309 g/mol. The van der Waals surface area contributed by atoms with Crippen LogP contribution in [0.5, 0.6) is 5.75 Å². The van der Waals surface area contributed by atoms with Gasteiger partial charge in [-0.15, -0.1) is 0 Å². The smallest absolute Gasteiger partial charge is 0.220 e. The summed E-state index contributed by atoms with van der Waals surface area (Å²) < 4.78 is 15.8. The Morgan fingerprint density at radius 3 is 2.55 bits per heavy atom. The van der Waals surface area contributed by atoms with Gasteiger partial charge in [-0.1, -0.05) is 17.7 Å². The van der Waals surface area contributed by atoms with Gasteiger partial charge in [-0.25, -0.2) is 0 Å². The highest BCUT2D eigenvalue weighted by molar-refractivity contribution is 5.75. The molecule has 22 heavy (non-hydrogen) atoms. The average molecular weight is 309 g/mol. The first-order valence-electron chi connectivity index (χ1n) is 7.75. The van der Waals surface area contributed by atoms with Crippen molar-refractivity contribution in [2.24, 2.45) is 0 Å². The maximum Gasteiger partial charge on any atom is 0.220 e. The Hall–Kier alpha value is -1.59. The highest BCUT2D eigenvalue weighted by Gasteiger charge is 2.00. The van der Waals surface area contributed by atoms with Gasteiger partial charge in [0.1, 0.15) is 5.75 Å². The first-order chi connectivity index (χ1) is 10.7. The number of carbonyl (C=O) groups excluding carboxylic acids is 1. The van der Waals surface area contributed by atoms with Gasteiger partial charge in [0.05, 0.1) is 19.8 Å². The zero-order valence-corrected chi connectivity index (χ0v) is 13.6. The highest BCUT2D eigenvalue weighted by atomic mass is 16.5. The van der Waals surface area contributed by atoms with Gasteiger partial charge in [0.25, 0.3) is 0 Å². The van der Waals surface area contributed by atoms with Gasteiger partial charge in [0, 0.05) is 26.7 Å². The Balaban J connectivity index is 1.93. The maximum absolute atomic E-state index is 11.6. The van der Waals surface area contributed by atoms with E-state index in [1.807, 2.05) is 31.2 Å². The molecule has 0 aliphatic heterocycles. The molecule has 124 valence electrons. The van der Waals surface area contributed by atoms with E-state index >= 15 is 0 Å². The Kier molecular flexibility index (Phi) is 10.1. The molecule has 0 saturated carbocycles. The van der Waals surface area contributed by atoms with Crippen LogP contribution in [-0.2, 0) is 14.3 Å². The number of hydrogen-bond donors (Lipinski definition) is 1. The van der Waals surface area contributed by atoms with Crippen LogP contribution >= 0.6 is 0 Å². The number of aryl methyl sites for hydroxylation is 1. The Morgan fingerprint density at radius 1 is 1.05 bits per heavy atom. The lowest BCUT2D eigenvalue weighted by molar-refractivity contribution is -0.121. The number of benzene rings is 1. The molecule has 1 aromatic carbocycles. The average Bonchev–Trinajstić information content (AvgIpc) is 2.52. The number of ether oxygens (including phenoxy) is 3. The summed E-state index contributed by atoms with van der Waals surface area (Å²) in [6.45, 7) is 5.04. The fourth-order valence-electron chi connectivity index (χ4n) is 1.79. The molecule has 5 nitrogen and oxygen atoms in total. The first-order valence-corrected chi connectivity index (χ1v) is 7.75. The lowest BCUT2D eigenvalue weighted by Crippen LogP contribution is -2.25. The van der Waals surface area contributed by atoms with Crippen LogP contribution in [0.3, 0.4) is 0 Å². The molecule has 0 aliphatic rings.